The molecule has 0 aromatic heterocycles. The van der Waals surface area contributed by atoms with E-state index in [0.717, 1.165) is 46.4 Å². The zero-order valence-corrected chi connectivity index (χ0v) is 18.2. The van der Waals surface area contributed by atoms with Gasteiger partial charge in [-0.15, -0.1) is 0 Å². The van der Waals surface area contributed by atoms with Crippen LogP contribution in [-0.2, 0) is 11.3 Å². The largest absolute Gasteiger partial charge is 0.496 e. The Morgan fingerprint density at radius 3 is 2.71 bits per heavy atom. The van der Waals surface area contributed by atoms with E-state index in [9.17, 15) is 4.79 Å². The standard InChI is InChI=1S/C24H29N5O2/c1-14-7-8-16(24(30)28-18-9-10-18)11-21(14)29-23(26)20(13-27-29)22(31-3)19-6-4-5-17(12-25)15(19)2/h4-8,11,13,18,23H,9-10,12,25-26H2,1-3H3,(H,28,30). The highest BCUT2D eigenvalue weighted by atomic mass is 16.5. The first-order chi connectivity index (χ1) is 14.9. The van der Waals surface area contributed by atoms with Crippen molar-refractivity contribution in [1.82, 2.24) is 5.32 Å². The van der Waals surface area contributed by atoms with Crippen molar-refractivity contribution in [1.29, 1.82) is 0 Å². The van der Waals surface area contributed by atoms with Gasteiger partial charge in [-0.1, -0.05) is 24.3 Å². The molecule has 0 bridgehead atoms. The van der Waals surface area contributed by atoms with Gasteiger partial charge in [-0.2, -0.15) is 5.10 Å². The first-order valence-corrected chi connectivity index (χ1v) is 10.5. The molecule has 1 heterocycles. The number of nitrogens with two attached hydrogens (primary N) is 2. The van der Waals surface area contributed by atoms with Crippen LogP contribution >= 0.6 is 0 Å². The molecule has 0 spiro atoms. The highest BCUT2D eigenvalue weighted by Crippen LogP contribution is 2.33. The fourth-order valence-corrected chi connectivity index (χ4v) is 3.84. The quantitative estimate of drug-likeness (QED) is 0.625. The molecule has 5 N–H and O–H groups in total. The molecule has 1 amide bonds. The highest BCUT2D eigenvalue weighted by Gasteiger charge is 2.30. The third-order valence-corrected chi connectivity index (χ3v) is 5.91. The van der Waals surface area contributed by atoms with Gasteiger partial charge in [0, 0.05) is 23.7 Å². The molecular formula is C24H29N5O2. The van der Waals surface area contributed by atoms with Crippen LogP contribution in [0.2, 0.25) is 0 Å². The zero-order chi connectivity index (χ0) is 22.1. The summed E-state index contributed by atoms with van der Waals surface area (Å²) in [5.74, 6) is 0.606. The number of amides is 1. The molecule has 1 atom stereocenters. The number of nitrogens with one attached hydrogen (secondary N) is 1. The molecule has 31 heavy (non-hydrogen) atoms. The molecule has 2 aromatic carbocycles. The normalized spacial score (nSPS) is 19.5. The number of hydrazone groups is 1. The Morgan fingerprint density at radius 1 is 1.26 bits per heavy atom. The molecule has 0 saturated heterocycles. The van der Waals surface area contributed by atoms with Crippen LogP contribution < -0.4 is 21.8 Å². The van der Waals surface area contributed by atoms with Gasteiger partial charge in [-0.3, -0.25) is 4.79 Å². The first-order valence-electron chi connectivity index (χ1n) is 10.5. The predicted octanol–water partition coefficient (Wildman–Crippen LogP) is 2.80. The predicted molar refractivity (Wildman–Crippen MR) is 124 cm³/mol. The van der Waals surface area contributed by atoms with Gasteiger partial charge >= 0.3 is 0 Å². The molecule has 1 aliphatic heterocycles. The van der Waals surface area contributed by atoms with Gasteiger partial charge in [0.25, 0.3) is 5.91 Å². The maximum Gasteiger partial charge on any atom is 0.251 e. The van der Waals surface area contributed by atoms with E-state index in [4.69, 9.17) is 16.2 Å². The molecule has 2 aromatic rings. The maximum atomic E-state index is 12.5. The summed E-state index contributed by atoms with van der Waals surface area (Å²) in [6.07, 6.45) is 3.28. The Morgan fingerprint density at radius 2 is 2.03 bits per heavy atom. The van der Waals surface area contributed by atoms with Crippen LogP contribution in [0.15, 0.2) is 47.1 Å². The summed E-state index contributed by atoms with van der Waals surface area (Å²) in [5.41, 5.74) is 18.7. The van der Waals surface area contributed by atoms with Crippen molar-refractivity contribution < 1.29 is 9.53 Å². The van der Waals surface area contributed by atoms with Gasteiger partial charge < -0.3 is 21.5 Å². The number of ether oxygens (including phenoxy) is 1. The van der Waals surface area contributed by atoms with E-state index in [-0.39, 0.29) is 5.91 Å². The Labute approximate surface area is 182 Å². The van der Waals surface area contributed by atoms with Crippen molar-refractivity contribution in [2.45, 2.75) is 45.4 Å². The second-order valence-corrected chi connectivity index (χ2v) is 8.07. The third-order valence-electron chi connectivity index (χ3n) is 5.91. The number of nitrogens with zero attached hydrogens (tertiary/aromatic N) is 2. The van der Waals surface area contributed by atoms with Gasteiger partial charge in [-0.05, 0) is 55.5 Å². The van der Waals surface area contributed by atoms with E-state index in [1.54, 1.807) is 18.3 Å². The van der Waals surface area contributed by atoms with E-state index in [2.05, 4.69) is 10.4 Å². The van der Waals surface area contributed by atoms with Crippen LogP contribution in [0.5, 0.6) is 0 Å². The average molecular weight is 420 g/mol. The minimum atomic E-state index is -0.545. The summed E-state index contributed by atoms with van der Waals surface area (Å²) in [5, 5.41) is 9.32. The SMILES string of the molecule is COC(=C1C=NN(c2cc(C(=O)NC3CC3)ccc2C)C1N)c1cccc(CN)c1C. The molecular weight excluding hydrogens is 390 g/mol. The number of rotatable bonds is 6. The van der Waals surface area contributed by atoms with Crippen molar-refractivity contribution >= 4 is 23.6 Å². The Balaban J connectivity index is 1.68. The molecule has 1 unspecified atom stereocenters. The van der Waals surface area contributed by atoms with Gasteiger partial charge in [0.2, 0.25) is 0 Å². The van der Waals surface area contributed by atoms with Crippen LogP contribution in [-0.4, -0.2) is 31.4 Å². The van der Waals surface area contributed by atoms with E-state index in [1.807, 2.05) is 50.2 Å². The van der Waals surface area contributed by atoms with Crippen molar-refractivity contribution in [3.63, 3.8) is 0 Å². The average Bonchev–Trinajstić information content (AvgIpc) is 3.51. The van der Waals surface area contributed by atoms with E-state index in [0.29, 0.717) is 23.9 Å². The Bertz CT molecular complexity index is 1070. The van der Waals surface area contributed by atoms with Crippen molar-refractivity contribution in [3.8, 4) is 0 Å². The van der Waals surface area contributed by atoms with Crippen LogP contribution in [0.25, 0.3) is 5.76 Å². The minimum Gasteiger partial charge on any atom is -0.496 e. The van der Waals surface area contributed by atoms with Gasteiger partial charge in [-0.25, -0.2) is 5.01 Å². The lowest BCUT2D eigenvalue weighted by atomic mass is 9.98. The number of carbonyl (C=O) groups excluding carboxylic acids is 1. The molecule has 1 fully saturated rings. The Kier molecular flexibility index (Phi) is 5.80. The number of benzene rings is 2. The van der Waals surface area contributed by atoms with Crippen molar-refractivity contribution in [3.05, 3.63) is 69.8 Å². The Hall–Kier alpha value is -3.16. The second-order valence-electron chi connectivity index (χ2n) is 8.07. The topological polar surface area (TPSA) is 106 Å². The highest BCUT2D eigenvalue weighted by molar-refractivity contribution is 5.97. The molecule has 2 aliphatic rings. The number of carbonyl (C=O) groups is 1. The summed E-state index contributed by atoms with van der Waals surface area (Å²) in [7, 11) is 1.63. The number of hydrogen-bond acceptors (Lipinski definition) is 6. The monoisotopic (exact) mass is 419 g/mol. The van der Waals surface area contributed by atoms with Crippen LogP contribution in [0.3, 0.4) is 0 Å². The number of aryl methyl sites for hydroxylation is 1. The molecule has 7 heteroatoms. The lowest BCUT2D eigenvalue weighted by Gasteiger charge is -2.24. The molecule has 1 saturated carbocycles. The summed E-state index contributed by atoms with van der Waals surface area (Å²) in [6.45, 7) is 4.46. The zero-order valence-electron chi connectivity index (χ0n) is 18.2. The molecule has 1 aliphatic carbocycles. The summed E-state index contributed by atoms with van der Waals surface area (Å²) < 4.78 is 5.77. The van der Waals surface area contributed by atoms with Crippen LogP contribution in [0.1, 0.15) is 45.5 Å². The third kappa shape index (κ3) is 4.06. The van der Waals surface area contributed by atoms with Crippen molar-refractivity contribution in [2.75, 3.05) is 12.1 Å². The maximum absolute atomic E-state index is 12.5. The fraction of sp³-hybridized carbons (Fsp3) is 0.333. The van der Waals surface area contributed by atoms with Crippen LogP contribution in [0, 0.1) is 13.8 Å². The minimum absolute atomic E-state index is 0.0666. The fourth-order valence-electron chi connectivity index (χ4n) is 3.84. The number of anilines is 1. The van der Waals surface area contributed by atoms with Gasteiger partial charge in [0.05, 0.1) is 24.6 Å². The second kappa shape index (κ2) is 8.53. The summed E-state index contributed by atoms with van der Waals surface area (Å²) in [4.78, 5) is 12.5. The molecule has 162 valence electrons. The summed E-state index contributed by atoms with van der Waals surface area (Å²) in [6, 6.07) is 11.9. The number of hydrogen-bond donors (Lipinski definition) is 3. The van der Waals surface area contributed by atoms with E-state index < -0.39 is 6.17 Å². The summed E-state index contributed by atoms with van der Waals surface area (Å²) >= 11 is 0. The number of methoxy groups -OCH3 is 1. The van der Waals surface area contributed by atoms with Gasteiger partial charge in [0.15, 0.2) is 0 Å². The smallest absolute Gasteiger partial charge is 0.251 e. The van der Waals surface area contributed by atoms with E-state index in [1.165, 1.54) is 0 Å². The lowest BCUT2D eigenvalue weighted by Crippen LogP contribution is -2.37. The molecule has 4 rings (SSSR count). The van der Waals surface area contributed by atoms with Gasteiger partial charge in [0.1, 0.15) is 11.9 Å². The van der Waals surface area contributed by atoms with E-state index >= 15 is 0 Å². The van der Waals surface area contributed by atoms with Crippen molar-refractivity contribution in [2.24, 2.45) is 16.6 Å². The lowest BCUT2D eigenvalue weighted by molar-refractivity contribution is 0.0951. The first kappa shape index (κ1) is 21.1. The van der Waals surface area contributed by atoms with Crippen LogP contribution in [0.4, 0.5) is 5.69 Å². The molecule has 0 radical (unpaired) electrons. The molecule has 7 nitrogen and oxygen atoms in total.